The van der Waals surface area contributed by atoms with Gasteiger partial charge in [0, 0.05) is 49.5 Å². The Balaban J connectivity index is 1.11. The Bertz CT molecular complexity index is 3790. The molecule has 0 radical (unpaired) electrons. The monoisotopic (exact) mass is 1040 g/mol. The maximum absolute atomic E-state index is 2.74. The molecule has 3 heterocycles. The molecule has 6 aliphatic rings. The van der Waals surface area contributed by atoms with Gasteiger partial charge >= 0.3 is 0 Å². The Labute approximate surface area is 470 Å². The molecule has 3 aliphatic carbocycles. The second-order valence-corrected chi connectivity index (χ2v) is 29.3. The van der Waals surface area contributed by atoms with Crippen LogP contribution in [0.3, 0.4) is 0 Å². The number of hydrogen-bond acceptors (Lipinski definition) is 4. The second-order valence-electron chi connectivity index (χ2n) is 28.2. The van der Waals surface area contributed by atoms with Gasteiger partial charge in [-0.15, -0.1) is 0 Å². The smallest absolute Gasteiger partial charge is 0.252 e. The van der Waals surface area contributed by atoms with Crippen molar-refractivity contribution in [2.45, 2.75) is 171 Å². The predicted octanol–water partition coefficient (Wildman–Crippen LogP) is 18.7. The second kappa shape index (κ2) is 16.8. The van der Waals surface area contributed by atoms with E-state index in [0.29, 0.717) is 0 Å². The molecule has 0 amide bonds. The van der Waals surface area contributed by atoms with Gasteiger partial charge in [-0.3, -0.25) is 0 Å². The summed E-state index contributed by atoms with van der Waals surface area (Å²) in [7, 11) is 0. The van der Waals surface area contributed by atoms with Gasteiger partial charge in [0.15, 0.2) is 0 Å². The molecule has 0 bridgehead atoms. The number of hydrogen-bond donors (Lipinski definition) is 0. The normalized spacial score (nSPS) is 19.8. The average molecular weight is 1040 g/mol. The van der Waals surface area contributed by atoms with Gasteiger partial charge in [-0.2, -0.15) is 0 Å². The van der Waals surface area contributed by atoms with Crippen molar-refractivity contribution < 1.29 is 0 Å². The molecule has 3 nitrogen and oxygen atoms in total. The molecular weight excluding hydrogens is 962 g/mol. The van der Waals surface area contributed by atoms with E-state index in [-0.39, 0.29) is 39.2 Å². The Morgan fingerprint density at radius 2 is 0.782 bits per heavy atom. The van der Waals surface area contributed by atoms with Crippen LogP contribution < -0.4 is 31.1 Å². The molecule has 8 aromatic carbocycles. The van der Waals surface area contributed by atoms with E-state index in [1.807, 2.05) is 11.8 Å². The molecule has 8 aromatic rings. The van der Waals surface area contributed by atoms with Crippen molar-refractivity contribution in [1.82, 2.24) is 0 Å². The van der Waals surface area contributed by atoms with Crippen LogP contribution in [0.4, 0.5) is 51.2 Å². The molecule has 392 valence electrons. The molecule has 0 saturated heterocycles. The third-order valence-corrected chi connectivity index (χ3v) is 21.4. The quantitative estimate of drug-likeness (QED) is 0.162. The van der Waals surface area contributed by atoms with Crippen LogP contribution in [0.5, 0.6) is 0 Å². The minimum atomic E-state index is -0.0223. The number of aryl methyl sites for hydroxylation is 1. The zero-order valence-electron chi connectivity index (χ0n) is 48.5. The molecule has 0 fully saturated rings. The van der Waals surface area contributed by atoms with Crippen molar-refractivity contribution in [3.63, 3.8) is 0 Å². The van der Waals surface area contributed by atoms with Crippen LogP contribution in [0.2, 0.25) is 0 Å². The lowest BCUT2D eigenvalue weighted by molar-refractivity contribution is 0.332. The molecule has 0 spiro atoms. The summed E-state index contributed by atoms with van der Waals surface area (Å²) in [6.45, 7) is 32.1. The molecule has 0 N–H and O–H groups in total. The highest BCUT2D eigenvalue weighted by molar-refractivity contribution is 7.99. The van der Waals surface area contributed by atoms with E-state index in [9.17, 15) is 0 Å². The molecule has 78 heavy (non-hydrogen) atoms. The molecule has 14 rings (SSSR count). The van der Waals surface area contributed by atoms with Crippen LogP contribution in [-0.2, 0) is 32.5 Å². The summed E-state index contributed by atoms with van der Waals surface area (Å²) < 4.78 is 0. The van der Waals surface area contributed by atoms with Crippen molar-refractivity contribution >= 4 is 86.0 Å². The van der Waals surface area contributed by atoms with Gasteiger partial charge in [0.1, 0.15) is 0 Å². The topological polar surface area (TPSA) is 9.72 Å². The Kier molecular flexibility index (Phi) is 10.7. The van der Waals surface area contributed by atoms with Crippen LogP contribution >= 0.6 is 11.8 Å². The fraction of sp³-hybridized carbons (Fsp3) is 0.342. The maximum atomic E-state index is 2.74. The molecule has 0 unspecified atom stereocenters. The summed E-state index contributed by atoms with van der Waals surface area (Å²) in [5.41, 5.74) is 28.4. The van der Waals surface area contributed by atoms with Crippen molar-refractivity contribution in [2.24, 2.45) is 0 Å². The van der Waals surface area contributed by atoms with Crippen LogP contribution in [0.25, 0.3) is 11.1 Å². The number of anilines is 9. The van der Waals surface area contributed by atoms with Crippen LogP contribution in [0.1, 0.15) is 161 Å². The molecule has 5 heteroatoms. The predicted molar refractivity (Wildman–Crippen MR) is 335 cm³/mol. The van der Waals surface area contributed by atoms with E-state index in [2.05, 4.69) is 256 Å². The van der Waals surface area contributed by atoms with Crippen LogP contribution in [0, 0.1) is 6.92 Å². The summed E-state index contributed by atoms with van der Waals surface area (Å²) in [5.74, 6) is 0. The summed E-state index contributed by atoms with van der Waals surface area (Å²) in [5, 5.41) is 0. The van der Waals surface area contributed by atoms with E-state index in [1.54, 1.807) is 0 Å². The lowest BCUT2D eigenvalue weighted by Gasteiger charge is -2.48. The summed E-state index contributed by atoms with van der Waals surface area (Å²) in [6.07, 6.45) is 6.99. The first-order valence-corrected chi connectivity index (χ1v) is 30.0. The minimum absolute atomic E-state index is 0.00700. The van der Waals surface area contributed by atoms with Gasteiger partial charge in [-0.1, -0.05) is 168 Å². The minimum Gasteiger partial charge on any atom is -0.311 e. The van der Waals surface area contributed by atoms with E-state index >= 15 is 0 Å². The molecule has 0 atom stereocenters. The van der Waals surface area contributed by atoms with E-state index < -0.39 is 0 Å². The van der Waals surface area contributed by atoms with Crippen LogP contribution in [0.15, 0.2) is 161 Å². The summed E-state index contributed by atoms with van der Waals surface area (Å²) in [4.78, 5) is 10.5. The Morgan fingerprint density at radius 3 is 1.37 bits per heavy atom. The van der Waals surface area contributed by atoms with E-state index in [0.717, 1.165) is 25.7 Å². The Morgan fingerprint density at radius 1 is 0.346 bits per heavy atom. The number of nitrogens with zero attached hydrogens (tertiary/aromatic N) is 3. The third kappa shape index (κ3) is 7.38. The van der Waals surface area contributed by atoms with Crippen molar-refractivity contribution in [3.8, 4) is 11.1 Å². The lowest BCUT2D eigenvalue weighted by atomic mass is 9.33. The fourth-order valence-corrected chi connectivity index (χ4v) is 16.2. The fourth-order valence-electron chi connectivity index (χ4n) is 15.2. The summed E-state index contributed by atoms with van der Waals surface area (Å²) >= 11 is 1.88. The van der Waals surface area contributed by atoms with Gasteiger partial charge in [0.2, 0.25) is 0 Å². The summed E-state index contributed by atoms with van der Waals surface area (Å²) in [6, 6.07) is 60.1. The van der Waals surface area contributed by atoms with E-state index in [4.69, 9.17) is 0 Å². The highest BCUT2D eigenvalue weighted by Crippen LogP contribution is 2.57. The van der Waals surface area contributed by atoms with Gasteiger partial charge in [0.05, 0.1) is 17.1 Å². The number of benzene rings is 8. The van der Waals surface area contributed by atoms with E-state index in [1.165, 1.54) is 140 Å². The molecule has 0 aromatic heterocycles. The maximum Gasteiger partial charge on any atom is 0.252 e. The molecule has 3 aliphatic heterocycles. The lowest BCUT2D eigenvalue weighted by Crippen LogP contribution is -2.62. The van der Waals surface area contributed by atoms with Crippen molar-refractivity contribution in [1.29, 1.82) is 0 Å². The first kappa shape index (κ1) is 49.8. The number of rotatable bonds is 4. The zero-order valence-corrected chi connectivity index (χ0v) is 49.3. The number of fused-ring (bicyclic) bond motifs is 9. The van der Waals surface area contributed by atoms with Gasteiger partial charge < -0.3 is 14.7 Å². The highest BCUT2D eigenvalue weighted by Gasteiger charge is 2.49. The number of para-hydroxylation sites is 2. The Hall–Kier alpha value is -6.43. The first-order valence-electron chi connectivity index (χ1n) is 29.2. The van der Waals surface area contributed by atoms with Crippen LogP contribution in [-0.4, -0.2) is 6.71 Å². The third-order valence-electron chi connectivity index (χ3n) is 20.2. The van der Waals surface area contributed by atoms with Gasteiger partial charge in [0.25, 0.3) is 6.71 Å². The van der Waals surface area contributed by atoms with Crippen molar-refractivity contribution in [3.05, 3.63) is 191 Å². The highest BCUT2D eigenvalue weighted by atomic mass is 32.2. The molecule has 0 saturated carbocycles. The standard InChI is InChI=1S/C73H76BN3S/c1-45-37-63-67-64(38-45)77(60-43-54-52(70(6,7)33-35-72(54,10)11)41-49(60)46-21-15-14-16-22-46)61-40-48(75-58-23-17-19-25-65(58)78-66-26-20-18-24-59(66)75)28-30-56(61)74(67)57-42-53-55(73(12,13)36-34-71(53,8)9)44-62(57)76(63)47-27-29-50-51(39-47)69(4,5)32-31-68(50,2)3/h14-30,37-44H,31-36H2,1-13H3. The molecular formula is C73H76BN3S. The average Bonchev–Trinajstić information content (AvgIpc) is 2.84. The largest absolute Gasteiger partial charge is 0.311 e. The first-order chi connectivity index (χ1) is 37.0. The van der Waals surface area contributed by atoms with Gasteiger partial charge in [-0.25, -0.2) is 0 Å². The van der Waals surface area contributed by atoms with Gasteiger partial charge in [-0.05, 0) is 218 Å². The zero-order chi connectivity index (χ0) is 54.2. The van der Waals surface area contributed by atoms with Crippen molar-refractivity contribution in [2.75, 3.05) is 14.7 Å². The SMILES string of the molecule is Cc1cc2c3c(c1)N(c1cc4c(cc1-c1ccccc1)C(C)(C)CCC4(C)C)c1cc(N4c5ccccc5Sc5ccccc54)ccc1B3c1cc3c(cc1N2c1ccc2c(c1)C(C)(C)CCC2(C)C)C(C)(C)CCC3(C)C.